The van der Waals surface area contributed by atoms with Crippen molar-refractivity contribution in [1.82, 2.24) is 14.5 Å². The summed E-state index contributed by atoms with van der Waals surface area (Å²) in [5.41, 5.74) is 4.23. The normalized spacial score (nSPS) is 22.3. The number of pyridine rings is 1. The van der Waals surface area contributed by atoms with E-state index in [0.717, 1.165) is 23.0 Å². The third-order valence-electron chi connectivity index (χ3n) is 5.15. The molecule has 0 bridgehead atoms. The summed E-state index contributed by atoms with van der Waals surface area (Å²) in [5.74, 6) is 0.0107. The van der Waals surface area contributed by atoms with Gasteiger partial charge in [0.05, 0.1) is 11.6 Å². The minimum absolute atomic E-state index is 0.0107. The van der Waals surface area contributed by atoms with E-state index in [1.165, 1.54) is 11.1 Å². The minimum Gasteiger partial charge on any atom is -0.330 e. The van der Waals surface area contributed by atoms with Crippen molar-refractivity contribution in [3.05, 3.63) is 57.9 Å². The van der Waals surface area contributed by atoms with Crippen LogP contribution in [0.4, 0.5) is 0 Å². The number of nitrogens with zero attached hydrogens (tertiary/aromatic N) is 3. The molecule has 0 N–H and O–H groups in total. The number of allylic oxidation sites excluding steroid dienone is 2. The van der Waals surface area contributed by atoms with Crippen molar-refractivity contribution < 1.29 is 4.79 Å². The first-order chi connectivity index (χ1) is 11.4. The van der Waals surface area contributed by atoms with Crippen LogP contribution in [-0.2, 0) is 0 Å². The Morgan fingerprint density at radius 3 is 2.96 bits per heavy atom. The summed E-state index contributed by atoms with van der Waals surface area (Å²) in [5, 5.41) is 4.47. The lowest BCUT2D eigenvalue weighted by atomic mass is 9.79. The van der Waals surface area contributed by atoms with Gasteiger partial charge in [-0.05, 0) is 58.6 Å². The van der Waals surface area contributed by atoms with Gasteiger partial charge in [0.15, 0.2) is 5.69 Å². The van der Waals surface area contributed by atoms with Crippen LogP contribution in [0.15, 0.2) is 52.2 Å². The van der Waals surface area contributed by atoms with Gasteiger partial charge in [-0.1, -0.05) is 26.0 Å². The molecular formula is C19H20BrN3O. The Labute approximate surface area is 150 Å². The number of fused-ring (bicyclic) bond motifs is 1. The van der Waals surface area contributed by atoms with Gasteiger partial charge in [0, 0.05) is 22.6 Å². The highest BCUT2D eigenvalue weighted by Gasteiger charge is 2.39. The molecule has 24 heavy (non-hydrogen) atoms. The summed E-state index contributed by atoms with van der Waals surface area (Å²) in [6.07, 6.45) is 7.28. The zero-order chi connectivity index (χ0) is 17.1. The number of hydrogen-bond acceptors (Lipinski definition) is 2. The molecule has 1 aliphatic carbocycles. The molecule has 0 saturated carbocycles. The van der Waals surface area contributed by atoms with Gasteiger partial charge in [-0.25, -0.2) is 4.52 Å². The Hall–Kier alpha value is -1.88. The topological polar surface area (TPSA) is 37.6 Å². The number of amides is 1. The average Bonchev–Trinajstić information content (AvgIpc) is 3.08. The fraction of sp³-hybridized carbons (Fsp3) is 0.368. The van der Waals surface area contributed by atoms with Crippen LogP contribution in [0.3, 0.4) is 0 Å². The predicted molar refractivity (Wildman–Crippen MR) is 98.0 cm³/mol. The maximum absolute atomic E-state index is 13.1. The molecule has 5 heteroatoms. The van der Waals surface area contributed by atoms with E-state index < -0.39 is 0 Å². The molecular weight excluding hydrogens is 366 g/mol. The Bertz CT molecular complexity index is 906. The zero-order valence-corrected chi connectivity index (χ0v) is 15.7. The van der Waals surface area contributed by atoms with E-state index in [1.54, 1.807) is 4.52 Å². The van der Waals surface area contributed by atoms with Gasteiger partial charge in [0.1, 0.15) is 0 Å². The first kappa shape index (κ1) is 15.6. The Morgan fingerprint density at radius 2 is 2.17 bits per heavy atom. The fourth-order valence-corrected chi connectivity index (χ4v) is 4.33. The number of carbonyl (C=O) groups is 1. The van der Waals surface area contributed by atoms with Crippen molar-refractivity contribution in [1.29, 1.82) is 0 Å². The third kappa shape index (κ3) is 2.34. The highest BCUT2D eigenvalue weighted by molar-refractivity contribution is 9.10. The van der Waals surface area contributed by atoms with E-state index in [-0.39, 0.29) is 17.4 Å². The van der Waals surface area contributed by atoms with Gasteiger partial charge in [0.25, 0.3) is 5.91 Å². The number of aromatic nitrogens is 2. The van der Waals surface area contributed by atoms with Crippen LogP contribution < -0.4 is 0 Å². The van der Waals surface area contributed by atoms with Gasteiger partial charge in [0.2, 0.25) is 0 Å². The fourth-order valence-electron chi connectivity index (χ4n) is 4.01. The Balaban J connectivity index is 1.67. The molecule has 124 valence electrons. The molecule has 0 fully saturated rings. The lowest BCUT2D eigenvalue weighted by Gasteiger charge is -2.39. The van der Waals surface area contributed by atoms with Crippen LogP contribution in [0, 0.1) is 5.41 Å². The molecule has 3 heterocycles. The van der Waals surface area contributed by atoms with Crippen molar-refractivity contribution in [2.75, 3.05) is 6.54 Å². The van der Waals surface area contributed by atoms with E-state index in [9.17, 15) is 4.79 Å². The van der Waals surface area contributed by atoms with E-state index in [4.69, 9.17) is 0 Å². The summed E-state index contributed by atoms with van der Waals surface area (Å²) in [6.45, 7) is 7.32. The first-order valence-corrected chi connectivity index (χ1v) is 9.05. The van der Waals surface area contributed by atoms with Crippen molar-refractivity contribution >= 4 is 27.4 Å². The summed E-state index contributed by atoms with van der Waals surface area (Å²) in [6, 6.07) is 5.88. The SMILES string of the molecule is CC1C2=C(C=CC2(C)C)CCN1C(=O)c1cc2ccc(Br)cn2n1. The van der Waals surface area contributed by atoms with Crippen LogP contribution in [-0.4, -0.2) is 33.0 Å². The Morgan fingerprint density at radius 1 is 1.38 bits per heavy atom. The summed E-state index contributed by atoms with van der Waals surface area (Å²) in [7, 11) is 0. The molecule has 1 unspecified atom stereocenters. The molecule has 2 aromatic heterocycles. The van der Waals surface area contributed by atoms with Crippen molar-refractivity contribution in [3.63, 3.8) is 0 Å². The molecule has 0 radical (unpaired) electrons. The first-order valence-electron chi connectivity index (χ1n) is 8.25. The lowest BCUT2D eigenvalue weighted by Crippen LogP contribution is -2.45. The van der Waals surface area contributed by atoms with Crippen LogP contribution in [0.1, 0.15) is 37.7 Å². The highest BCUT2D eigenvalue weighted by atomic mass is 79.9. The standard InChI is InChI=1S/C19H20BrN3O/c1-12-17-13(6-8-19(17,2)3)7-9-22(12)18(24)16-10-15-5-4-14(20)11-23(15)21-16/h4-6,8,10-12H,7,9H2,1-3H3. The van der Waals surface area contributed by atoms with E-state index in [1.807, 2.05) is 29.3 Å². The van der Waals surface area contributed by atoms with Gasteiger partial charge < -0.3 is 4.90 Å². The van der Waals surface area contributed by atoms with Crippen molar-refractivity contribution in [2.24, 2.45) is 5.41 Å². The lowest BCUT2D eigenvalue weighted by molar-refractivity contribution is 0.0690. The predicted octanol–water partition coefficient (Wildman–Crippen LogP) is 4.22. The second-order valence-corrected chi connectivity index (χ2v) is 8.08. The van der Waals surface area contributed by atoms with Crippen LogP contribution >= 0.6 is 15.9 Å². The summed E-state index contributed by atoms with van der Waals surface area (Å²) in [4.78, 5) is 15.0. The average molecular weight is 386 g/mol. The van der Waals surface area contributed by atoms with Crippen molar-refractivity contribution in [3.8, 4) is 0 Å². The molecule has 0 aromatic carbocycles. The number of hydrogen-bond donors (Lipinski definition) is 0. The molecule has 2 aromatic rings. The molecule has 4 nitrogen and oxygen atoms in total. The quantitative estimate of drug-likeness (QED) is 0.736. The number of carbonyl (C=O) groups excluding carboxylic acids is 1. The number of rotatable bonds is 1. The Kier molecular flexibility index (Phi) is 3.46. The second kappa shape index (κ2) is 5.31. The van der Waals surface area contributed by atoms with Crippen LogP contribution in [0.25, 0.3) is 5.52 Å². The molecule has 0 saturated heterocycles. The maximum Gasteiger partial charge on any atom is 0.274 e. The third-order valence-corrected chi connectivity index (χ3v) is 5.62. The van der Waals surface area contributed by atoms with Gasteiger partial charge >= 0.3 is 0 Å². The largest absolute Gasteiger partial charge is 0.330 e. The maximum atomic E-state index is 13.1. The second-order valence-electron chi connectivity index (χ2n) is 7.16. The van der Waals surface area contributed by atoms with Gasteiger partial charge in [-0.2, -0.15) is 5.10 Å². The monoisotopic (exact) mass is 385 g/mol. The van der Waals surface area contributed by atoms with Crippen LogP contribution in [0.2, 0.25) is 0 Å². The van der Waals surface area contributed by atoms with E-state index >= 15 is 0 Å². The molecule has 1 atom stereocenters. The molecule has 1 aliphatic heterocycles. The molecule has 2 aliphatic rings. The smallest absolute Gasteiger partial charge is 0.274 e. The van der Waals surface area contributed by atoms with E-state index in [0.29, 0.717) is 5.69 Å². The number of halogens is 1. The van der Waals surface area contributed by atoms with Gasteiger partial charge in [-0.3, -0.25) is 4.79 Å². The highest BCUT2D eigenvalue weighted by Crippen LogP contribution is 2.43. The molecule has 4 rings (SSSR count). The molecule has 1 amide bonds. The minimum atomic E-state index is 0.0107. The van der Waals surface area contributed by atoms with Crippen molar-refractivity contribution in [2.45, 2.75) is 33.2 Å². The summed E-state index contributed by atoms with van der Waals surface area (Å²) < 4.78 is 2.69. The van der Waals surface area contributed by atoms with E-state index in [2.05, 4.69) is 54.0 Å². The van der Waals surface area contributed by atoms with Crippen LogP contribution in [0.5, 0.6) is 0 Å². The zero-order valence-electron chi connectivity index (χ0n) is 14.1. The summed E-state index contributed by atoms with van der Waals surface area (Å²) >= 11 is 3.44. The molecule has 0 spiro atoms. The van der Waals surface area contributed by atoms with Gasteiger partial charge in [-0.15, -0.1) is 0 Å².